The van der Waals surface area contributed by atoms with Crippen LogP contribution in [-0.2, 0) is 19.2 Å². The van der Waals surface area contributed by atoms with E-state index in [2.05, 4.69) is 4.84 Å². The first-order chi connectivity index (χ1) is 6.97. The third-order valence-corrected chi connectivity index (χ3v) is 2.42. The van der Waals surface area contributed by atoms with Gasteiger partial charge in [0.05, 0.1) is 5.92 Å². The molecule has 0 aromatic rings. The van der Waals surface area contributed by atoms with Gasteiger partial charge in [0.2, 0.25) is 0 Å². The number of nitrogens with zero attached hydrogens (tertiary/aromatic N) is 1. The van der Waals surface area contributed by atoms with E-state index in [-0.39, 0.29) is 24.7 Å². The van der Waals surface area contributed by atoms with Gasteiger partial charge in [-0.15, -0.1) is 5.06 Å². The molecule has 0 saturated carbocycles. The fourth-order valence-electron chi connectivity index (χ4n) is 1.41. The van der Waals surface area contributed by atoms with E-state index in [9.17, 15) is 14.4 Å². The zero-order valence-electron chi connectivity index (χ0n) is 9.15. The minimum Gasteiger partial charge on any atom is -0.330 e. The normalized spacial score (nSPS) is 21.3. The Morgan fingerprint density at radius 2 is 2.13 bits per heavy atom. The van der Waals surface area contributed by atoms with Crippen LogP contribution in [0.15, 0.2) is 0 Å². The van der Waals surface area contributed by atoms with Crippen molar-refractivity contribution in [2.24, 2.45) is 11.8 Å². The number of amides is 2. The van der Waals surface area contributed by atoms with E-state index in [4.69, 9.17) is 0 Å². The van der Waals surface area contributed by atoms with Gasteiger partial charge in [-0.05, 0) is 5.92 Å². The van der Waals surface area contributed by atoms with Crippen molar-refractivity contribution in [1.29, 1.82) is 0 Å². The molecular formula is C10H15NO4. The van der Waals surface area contributed by atoms with Gasteiger partial charge in [-0.1, -0.05) is 20.8 Å². The van der Waals surface area contributed by atoms with Gasteiger partial charge in [0, 0.05) is 12.8 Å². The summed E-state index contributed by atoms with van der Waals surface area (Å²) in [5, 5.41) is 0.608. The summed E-state index contributed by atoms with van der Waals surface area (Å²) >= 11 is 0. The lowest BCUT2D eigenvalue weighted by atomic mass is 9.95. The molecule has 1 aliphatic heterocycles. The van der Waals surface area contributed by atoms with Crippen molar-refractivity contribution < 1.29 is 19.2 Å². The van der Waals surface area contributed by atoms with Crippen LogP contribution < -0.4 is 0 Å². The van der Waals surface area contributed by atoms with Gasteiger partial charge in [-0.25, -0.2) is 4.79 Å². The lowest BCUT2D eigenvalue weighted by molar-refractivity contribution is -0.198. The van der Waals surface area contributed by atoms with Gasteiger partial charge in [0.1, 0.15) is 0 Å². The molecule has 1 rings (SSSR count). The smallest absolute Gasteiger partial charge is 0.330 e. The fourth-order valence-corrected chi connectivity index (χ4v) is 1.41. The summed E-state index contributed by atoms with van der Waals surface area (Å²) < 4.78 is 0. The zero-order chi connectivity index (χ0) is 11.6. The van der Waals surface area contributed by atoms with Gasteiger partial charge >= 0.3 is 5.97 Å². The maximum atomic E-state index is 11.6. The van der Waals surface area contributed by atoms with Crippen molar-refractivity contribution in [3.8, 4) is 0 Å². The Balaban J connectivity index is 2.71. The van der Waals surface area contributed by atoms with E-state index in [1.807, 2.05) is 13.8 Å². The predicted molar refractivity (Wildman–Crippen MR) is 51.2 cm³/mol. The van der Waals surface area contributed by atoms with Crippen molar-refractivity contribution in [2.75, 3.05) is 0 Å². The molecule has 1 fully saturated rings. The second-order valence-electron chi connectivity index (χ2n) is 3.90. The summed E-state index contributed by atoms with van der Waals surface area (Å²) in [5.41, 5.74) is 0. The lowest BCUT2D eigenvalue weighted by Gasteiger charge is -2.14. The second-order valence-corrected chi connectivity index (χ2v) is 3.90. The third kappa shape index (κ3) is 2.34. The number of imide groups is 1. The molecule has 0 aromatic heterocycles. The van der Waals surface area contributed by atoms with Crippen LogP contribution in [0.4, 0.5) is 0 Å². The maximum absolute atomic E-state index is 11.6. The molecule has 0 radical (unpaired) electrons. The molecule has 0 aliphatic carbocycles. The summed E-state index contributed by atoms with van der Waals surface area (Å²) in [6.45, 7) is 5.33. The number of hydrogen-bond donors (Lipinski definition) is 0. The summed E-state index contributed by atoms with van der Waals surface area (Å²) in [6, 6.07) is 0. The molecule has 0 N–H and O–H groups in total. The van der Waals surface area contributed by atoms with Crippen molar-refractivity contribution in [3.63, 3.8) is 0 Å². The van der Waals surface area contributed by atoms with Crippen LogP contribution >= 0.6 is 0 Å². The SMILES string of the molecule is CCC(=O)ON1C(=O)CC(C(C)C)C1=O. The van der Waals surface area contributed by atoms with Crippen LogP contribution in [0, 0.1) is 11.8 Å². The molecule has 2 amide bonds. The minimum atomic E-state index is -0.568. The molecule has 1 atom stereocenters. The predicted octanol–water partition coefficient (Wildman–Crippen LogP) is 0.886. The minimum absolute atomic E-state index is 0.0757. The highest BCUT2D eigenvalue weighted by atomic mass is 16.7. The molecule has 5 nitrogen and oxygen atoms in total. The Morgan fingerprint density at radius 1 is 1.53 bits per heavy atom. The van der Waals surface area contributed by atoms with Crippen molar-refractivity contribution in [3.05, 3.63) is 0 Å². The topological polar surface area (TPSA) is 63.7 Å². The standard InChI is InChI=1S/C10H15NO4/c1-4-9(13)15-11-8(12)5-7(6(2)3)10(11)14/h6-7H,4-5H2,1-3H3. The first-order valence-corrected chi connectivity index (χ1v) is 5.05. The first kappa shape index (κ1) is 11.7. The highest BCUT2D eigenvalue weighted by molar-refractivity contribution is 6.03. The van der Waals surface area contributed by atoms with Crippen LogP contribution in [0.5, 0.6) is 0 Å². The molecule has 0 spiro atoms. The Bertz CT molecular complexity index is 298. The van der Waals surface area contributed by atoms with Gasteiger partial charge in [-0.2, -0.15) is 0 Å². The van der Waals surface area contributed by atoms with E-state index >= 15 is 0 Å². The van der Waals surface area contributed by atoms with Crippen LogP contribution in [0.1, 0.15) is 33.6 Å². The Hall–Kier alpha value is -1.39. The van der Waals surface area contributed by atoms with Crippen LogP contribution in [0.25, 0.3) is 0 Å². The zero-order valence-corrected chi connectivity index (χ0v) is 9.15. The summed E-state index contributed by atoms with van der Waals surface area (Å²) in [5.74, 6) is -1.69. The van der Waals surface area contributed by atoms with Gasteiger partial charge < -0.3 is 4.84 Å². The van der Waals surface area contributed by atoms with E-state index in [1.165, 1.54) is 0 Å². The number of hydroxylamine groups is 2. The Kier molecular flexibility index (Phi) is 3.44. The molecule has 0 bridgehead atoms. The number of carbonyl (C=O) groups is 3. The average Bonchev–Trinajstić information content (AvgIpc) is 2.45. The first-order valence-electron chi connectivity index (χ1n) is 5.05. The van der Waals surface area contributed by atoms with E-state index in [0.29, 0.717) is 5.06 Å². The lowest BCUT2D eigenvalue weighted by Crippen LogP contribution is -2.33. The van der Waals surface area contributed by atoms with Gasteiger partial charge in [0.25, 0.3) is 11.8 Å². The van der Waals surface area contributed by atoms with E-state index in [0.717, 1.165) is 0 Å². The largest absolute Gasteiger partial charge is 0.332 e. The highest BCUT2D eigenvalue weighted by Gasteiger charge is 2.42. The van der Waals surface area contributed by atoms with E-state index < -0.39 is 17.8 Å². The Morgan fingerprint density at radius 3 is 2.53 bits per heavy atom. The molecule has 84 valence electrons. The quantitative estimate of drug-likeness (QED) is 0.653. The molecule has 1 unspecified atom stereocenters. The van der Waals surface area contributed by atoms with Crippen molar-refractivity contribution in [1.82, 2.24) is 5.06 Å². The summed E-state index contributed by atoms with van der Waals surface area (Å²) in [6.07, 6.45) is 0.275. The van der Waals surface area contributed by atoms with E-state index in [1.54, 1.807) is 6.92 Å². The maximum Gasteiger partial charge on any atom is 0.332 e. The summed E-state index contributed by atoms with van der Waals surface area (Å²) in [7, 11) is 0. The fraction of sp³-hybridized carbons (Fsp3) is 0.700. The molecule has 1 aliphatic rings. The number of hydrogen-bond acceptors (Lipinski definition) is 4. The Labute approximate surface area is 88.3 Å². The molecule has 15 heavy (non-hydrogen) atoms. The van der Waals surface area contributed by atoms with Gasteiger partial charge in [-0.3, -0.25) is 9.59 Å². The third-order valence-electron chi connectivity index (χ3n) is 2.42. The molecule has 0 aromatic carbocycles. The molecular weight excluding hydrogens is 198 g/mol. The summed E-state index contributed by atoms with van der Waals surface area (Å²) in [4.78, 5) is 38.6. The van der Waals surface area contributed by atoms with Crippen molar-refractivity contribution >= 4 is 17.8 Å². The highest BCUT2D eigenvalue weighted by Crippen LogP contribution is 2.26. The van der Waals surface area contributed by atoms with Gasteiger partial charge in [0.15, 0.2) is 0 Å². The average molecular weight is 213 g/mol. The van der Waals surface area contributed by atoms with Crippen LogP contribution in [0.3, 0.4) is 0 Å². The van der Waals surface area contributed by atoms with Crippen LogP contribution in [-0.4, -0.2) is 22.8 Å². The second kappa shape index (κ2) is 4.42. The number of rotatable bonds is 3. The monoisotopic (exact) mass is 213 g/mol. The molecule has 1 heterocycles. The molecule has 1 saturated heterocycles. The van der Waals surface area contributed by atoms with Crippen molar-refractivity contribution in [2.45, 2.75) is 33.6 Å². The number of carbonyl (C=O) groups excluding carboxylic acids is 3. The molecule has 5 heteroatoms. The van der Waals surface area contributed by atoms with Crippen LogP contribution in [0.2, 0.25) is 0 Å².